The first-order valence-electron chi connectivity index (χ1n) is 10.7. The van der Waals surface area contributed by atoms with Gasteiger partial charge >= 0.3 is 11.8 Å². The molecule has 33 heavy (non-hydrogen) atoms. The molecule has 0 saturated heterocycles. The lowest BCUT2D eigenvalue weighted by molar-refractivity contribution is -0.136. The molecular weight excluding hydrogens is 442 g/mol. The molecule has 0 radical (unpaired) electrons. The summed E-state index contributed by atoms with van der Waals surface area (Å²) in [4.78, 5) is 52.4. The minimum Gasteiger partial charge on any atom is -0.461 e. The molecule has 5 rings (SSSR count). The van der Waals surface area contributed by atoms with Crippen molar-refractivity contribution in [2.24, 2.45) is 0 Å². The van der Waals surface area contributed by atoms with Crippen LogP contribution in [0.5, 0.6) is 0 Å². The second-order valence-electron chi connectivity index (χ2n) is 8.00. The summed E-state index contributed by atoms with van der Waals surface area (Å²) in [7, 11) is 0. The maximum absolute atomic E-state index is 12.4. The Labute approximate surface area is 193 Å². The zero-order valence-corrected chi connectivity index (χ0v) is 18.5. The summed E-state index contributed by atoms with van der Waals surface area (Å²) in [5, 5.41) is 5.27. The van der Waals surface area contributed by atoms with Crippen molar-refractivity contribution in [1.82, 2.24) is 5.32 Å². The van der Waals surface area contributed by atoms with Crippen molar-refractivity contribution in [3.8, 4) is 0 Å². The van der Waals surface area contributed by atoms with Gasteiger partial charge in [0.05, 0.1) is 23.4 Å². The summed E-state index contributed by atoms with van der Waals surface area (Å²) in [6.45, 7) is 0.860. The van der Waals surface area contributed by atoms with Crippen LogP contribution in [0.2, 0.25) is 0 Å². The quantitative estimate of drug-likeness (QED) is 0.447. The average molecular weight is 464 g/mol. The van der Waals surface area contributed by atoms with Gasteiger partial charge in [-0.25, -0.2) is 0 Å². The average Bonchev–Trinajstić information content (AvgIpc) is 3.52. The zero-order chi connectivity index (χ0) is 22.9. The van der Waals surface area contributed by atoms with Gasteiger partial charge in [0.1, 0.15) is 0 Å². The summed E-state index contributed by atoms with van der Waals surface area (Å²) < 4.78 is 5.13. The van der Waals surface area contributed by atoms with Gasteiger partial charge in [-0.2, -0.15) is 0 Å². The minimum absolute atomic E-state index is 0.134. The molecule has 8 nitrogen and oxygen atoms in total. The number of nitrogens with zero attached hydrogens (tertiary/aromatic N) is 1. The van der Waals surface area contributed by atoms with Crippen LogP contribution in [0.3, 0.4) is 0 Å². The van der Waals surface area contributed by atoms with Gasteiger partial charge in [0, 0.05) is 23.5 Å². The van der Waals surface area contributed by atoms with Crippen molar-refractivity contribution in [2.45, 2.75) is 32.2 Å². The number of rotatable bonds is 5. The molecule has 2 aliphatic rings. The fraction of sp³-hybridized carbons (Fsp3) is 0.250. The van der Waals surface area contributed by atoms with Crippen molar-refractivity contribution in [1.29, 1.82) is 0 Å². The highest BCUT2D eigenvalue weighted by molar-refractivity contribution is 7.14. The Hall–Kier alpha value is -3.72. The fourth-order valence-corrected chi connectivity index (χ4v) is 5.18. The summed E-state index contributed by atoms with van der Waals surface area (Å²) >= 11 is 1.24. The highest BCUT2D eigenvalue weighted by Gasteiger charge is 2.30. The molecule has 3 amide bonds. The highest BCUT2D eigenvalue weighted by Crippen LogP contribution is 2.37. The van der Waals surface area contributed by atoms with E-state index in [1.165, 1.54) is 17.6 Å². The van der Waals surface area contributed by atoms with Crippen LogP contribution in [0.25, 0.3) is 0 Å². The molecule has 0 bridgehead atoms. The molecule has 9 heteroatoms. The third kappa shape index (κ3) is 4.19. The Morgan fingerprint density at radius 3 is 2.64 bits per heavy atom. The van der Waals surface area contributed by atoms with Gasteiger partial charge in [0.15, 0.2) is 5.76 Å². The molecule has 0 spiro atoms. The van der Waals surface area contributed by atoms with E-state index in [2.05, 4.69) is 10.6 Å². The van der Waals surface area contributed by atoms with Gasteiger partial charge in [-0.3, -0.25) is 19.2 Å². The lowest BCUT2D eigenvalue weighted by Gasteiger charge is -2.35. The van der Waals surface area contributed by atoms with Crippen LogP contribution in [-0.4, -0.2) is 30.0 Å². The number of carbonyl (C=O) groups excluding carboxylic acids is 4. The number of nitrogens with one attached hydrogen (secondary N) is 2. The standard InChI is InChI=1S/C24H21N3O5S/c28-20-8-5-15-12-16(11-14-3-1-9-27(20)21(14)15)26-24(31)23(30)25-13-17-6-7-19(33-17)22(29)18-4-2-10-32-18/h2,4,6-7,10-12H,1,3,5,8-9,13H2,(H,25,30)(H,26,31). The van der Waals surface area contributed by atoms with Gasteiger partial charge in [-0.1, -0.05) is 0 Å². The Morgan fingerprint density at radius 1 is 1.03 bits per heavy atom. The highest BCUT2D eigenvalue weighted by atomic mass is 32.1. The molecular formula is C24H21N3O5S. The van der Waals surface area contributed by atoms with Crippen molar-refractivity contribution in [2.75, 3.05) is 16.8 Å². The molecule has 2 aromatic heterocycles. The molecule has 168 valence electrons. The Balaban J connectivity index is 1.21. The molecule has 2 N–H and O–H groups in total. The zero-order valence-electron chi connectivity index (χ0n) is 17.7. The third-order valence-corrected chi connectivity index (χ3v) is 6.88. The number of furan rings is 1. The number of amides is 3. The number of hydrogen-bond acceptors (Lipinski definition) is 6. The van der Waals surface area contributed by atoms with Crippen molar-refractivity contribution in [3.63, 3.8) is 0 Å². The van der Waals surface area contributed by atoms with Crippen LogP contribution in [-0.2, 0) is 33.8 Å². The smallest absolute Gasteiger partial charge is 0.313 e. The molecule has 1 aromatic carbocycles. The van der Waals surface area contributed by atoms with Crippen LogP contribution in [0.1, 0.15) is 44.3 Å². The van der Waals surface area contributed by atoms with Gasteiger partial charge in [-0.15, -0.1) is 11.3 Å². The van der Waals surface area contributed by atoms with Gasteiger partial charge in [-0.05, 0) is 66.8 Å². The lowest BCUT2D eigenvalue weighted by Crippen LogP contribution is -2.39. The molecule has 0 saturated carbocycles. The first-order valence-corrected chi connectivity index (χ1v) is 11.5. The maximum Gasteiger partial charge on any atom is 0.313 e. The number of ketones is 1. The normalized spacial score (nSPS) is 14.5. The molecule has 0 aliphatic carbocycles. The van der Waals surface area contributed by atoms with Gasteiger partial charge in [0.2, 0.25) is 11.7 Å². The number of thiophene rings is 1. The predicted octanol–water partition coefficient (Wildman–Crippen LogP) is 3.05. The van der Waals surface area contributed by atoms with E-state index in [-0.39, 0.29) is 24.0 Å². The van der Waals surface area contributed by atoms with E-state index in [9.17, 15) is 19.2 Å². The van der Waals surface area contributed by atoms with E-state index in [0.29, 0.717) is 23.4 Å². The van der Waals surface area contributed by atoms with E-state index in [4.69, 9.17) is 4.42 Å². The second-order valence-corrected chi connectivity index (χ2v) is 9.17. The monoisotopic (exact) mass is 463 g/mol. The number of benzene rings is 1. The van der Waals surface area contributed by atoms with Crippen LogP contribution >= 0.6 is 11.3 Å². The van der Waals surface area contributed by atoms with Crippen molar-refractivity contribution in [3.05, 3.63) is 69.3 Å². The topological polar surface area (TPSA) is 109 Å². The molecule has 4 heterocycles. The van der Waals surface area contributed by atoms with E-state index >= 15 is 0 Å². The predicted molar refractivity (Wildman–Crippen MR) is 122 cm³/mol. The summed E-state index contributed by atoms with van der Waals surface area (Å²) in [6, 6.07) is 10.3. The molecule has 0 atom stereocenters. The first kappa shape index (κ1) is 21.1. The summed E-state index contributed by atoms with van der Waals surface area (Å²) in [5.41, 5.74) is 3.57. The summed E-state index contributed by atoms with van der Waals surface area (Å²) in [5.74, 6) is -1.35. The number of carbonyl (C=O) groups is 4. The van der Waals surface area contributed by atoms with E-state index in [1.54, 1.807) is 24.3 Å². The lowest BCUT2D eigenvalue weighted by atomic mass is 9.91. The van der Waals surface area contributed by atoms with Gasteiger partial charge < -0.3 is 20.0 Å². The van der Waals surface area contributed by atoms with Crippen LogP contribution in [0, 0.1) is 0 Å². The number of hydrogen-bond donors (Lipinski definition) is 2. The van der Waals surface area contributed by atoms with E-state index < -0.39 is 11.8 Å². The first-order chi connectivity index (χ1) is 16.0. The van der Waals surface area contributed by atoms with E-state index in [1.807, 2.05) is 17.0 Å². The second kappa shape index (κ2) is 8.67. The number of aryl methyl sites for hydroxylation is 2. The largest absolute Gasteiger partial charge is 0.461 e. The van der Waals surface area contributed by atoms with Crippen molar-refractivity contribution >= 4 is 46.2 Å². The van der Waals surface area contributed by atoms with Crippen LogP contribution in [0.15, 0.2) is 47.1 Å². The van der Waals surface area contributed by atoms with E-state index in [0.717, 1.165) is 41.1 Å². The van der Waals surface area contributed by atoms with Crippen LogP contribution in [0.4, 0.5) is 11.4 Å². The Bertz CT molecular complexity index is 1240. The van der Waals surface area contributed by atoms with Crippen molar-refractivity contribution < 1.29 is 23.6 Å². The maximum atomic E-state index is 12.4. The van der Waals surface area contributed by atoms with Crippen LogP contribution < -0.4 is 15.5 Å². The SMILES string of the molecule is O=C(NCc1ccc(C(=O)c2ccco2)s1)C(=O)Nc1cc2c3c(c1)CCC(=O)N3CCC2. The summed E-state index contributed by atoms with van der Waals surface area (Å²) in [6.07, 6.45) is 4.23. The Morgan fingerprint density at radius 2 is 1.85 bits per heavy atom. The molecule has 3 aromatic rings. The number of anilines is 2. The molecule has 0 fully saturated rings. The molecule has 0 unspecified atom stereocenters. The molecule has 2 aliphatic heterocycles. The third-order valence-electron chi connectivity index (χ3n) is 5.79. The Kier molecular flexibility index (Phi) is 5.55. The van der Waals surface area contributed by atoms with Gasteiger partial charge in [0.25, 0.3) is 0 Å². The fourth-order valence-electron chi connectivity index (χ4n) is 4.29. The minimum atomic E-state index is -0.759.